The summed E-state index contributed by atoms with van der Waals surface area (Å²) >= 11 is 0. The van der Waals surface area contributed by atoms with Gasteiger partial charge in [0, 0.05) is 10.8 Å². The van der Waals surface area contributed by atoms with Gasteiger partial charge in [-0.1, -0.05) is 182 Å². The van der Waals surface area contributed by atoms with Crippen molar-refractivity contribution in [2.45, 2.75) is 0 Å². The van der Waals surface area contributed by atoms with Crippen LogP contribution in [0.5, 0.6) is 0 Å². The van der Waals surface area contributed by atoms with E-state index in [0.717, 1.165) is 60.0 Å². The number of fused-ring (bicyclic) bond motifs is 7. The van der Waals surface area contributed by atoms with E-state index in [0.29, 0.717) is 33.2 Å². The first-order chi connectivity index (χ1) is 28.8. The Kier molecular flexibility index (Phi) is 5.40. The molecule has 0 saturated carbocycles. The van der Waals surface area contributed by atoms with Gasteiger partial charge < -0.3 is 4.42 Å². The lowest BCUT2D eigenvalue weighted by molar-refractivity contribution is 0.669. The zero-order valence-corrected chi connectivity index (χ0v) is 28.4. The minimum absolute atomic E-state index is 0.126. The maximum atomic E-state index is 10.0. The second-order valence-corrected chi connectivity index (χ2v) is 13.4. The summed E-state index contributed by atoms with van der Waals surface area (Å²) in [5.41, 5.74) is 7.00. The highest BCUT2D eigenvalue weighted by molar-refractivity contribution is 6.26. The molecule has 10 aromatic carbocycles. The topological polar surface area (TPSA) is 13.1 Å². The fraction of sp³-hybridized carbons (Fsp3) is 0. The zero-order valence-electron chi connectivity index (χ0n) is 34.4. The second kappa shape index (κ2) is 11.8. The quantitative estimate of drug-likeness (QED) is 0.169. The van der Waals surface area contributed by atoms with Crippen LogP contribution in [0.2, 0.25) is 0 Å². The van der Waals surface area contributed by atoms with Gasteiger partial charge in [-0.2, -0.15) is 0 Å². The molecule has 1 heterocycles. The first-order valence-electron chi connectivity index (χ1n) is 20.8. The minimum atomic E-state index is -0.401. The predicted molar refractivity (Wildman–Crippen MR) is 225 cm³/mol. The Balaban J connectivity index is 1.31. The first kappa shape index (κ1) is 24.3. The molecule has 0 atom stereocenters. The third-order valence-electron chi connectivity index (χ3n) is 10.6. The summed E-state index contributed by atoms with van der Waals surface area (Å²) in [4.78, 5) is 0. The van der Waals surface area contributed by atoms with Crippen molar-refractivity contribution in [2.24, 2.45) is 0 Å². The molecule has 0 aliphatic heterocycles. The van der Waals surface area contributed by atoms with E-state index >= 15 is 0 Å². The lowest BCUT2D eigenvalue weighted by atomic mass is 9.83. The predicted octanol–water partition coefficient (Wildman–Crippen LogP) is 14.9. The molecule has 0 bridgehead atoms. The fourth-order valence-electron chi connectivity index (χ4n) is 8.40. The minimum Gasteiger partial charge on any atom is -0.456 e. The maximum absolute atomic E-state index is 10.0. The van der Waals surface area contributed by atoms with E-state index in [1.54, 1.807) is 0 Å². The molecule has 0 spiro atoms. The second-order valence-electron chi connectivity index (χ2n) is 13.4. The molecule has 246 valence electrons. The Bertz CT molecular complexity index is 3510. The Hall–Kier alpha value is -6.96. The van der Waals surface area contributed by atoms with Gasteiger partial charge in [-0.3, -0.25) is 0 Å². The molecule has 0 N–H and O–H groups in total. The van der Waals surface area contributed by atoms with E-state index in [9.17, 15) is 5.48 Å². The highest BCUT2D eigenvalue weighted by Gasteiger charge is 2.21. The fourth-order valence-corrected chi connectivity index (χ4v) is 8.40. The van der Waals surface area contributed by atoms with Crippen LogP contribution in [0, 0.1) is 0 Å². The largest absolute Gasteiger partial charge is 0.456 e. The summed E-state index contributed by atoms with van der Waals surface area (Å²) in [5.74, 6) is 0. The van der Waals surface area contributed by atoms with Crippen LogP contribution in [0.1, 0.15) is 8.22 Å². The van der Waals surface area contributed by atoms with E-state index in [-0.39, 0.29) is 40.5 Å². The first-order valence-corrected chi connectivity index (χ1v) is 17.8. The summed E-state index contributed by atoms with van der Waals surface area (Å²) in [6, 6.07) is 50.6. The van der Waals surface area contributed by atoms with Crippen molar-refractivity contribution in [1.29, 1.82) is 0 Å². The number of hydrogen-bond acceptors (Lipinski definition) is 1. The van der Waals surface area contributed by atoms with Crippen LogP contribution in [-0.2, 0) is 0 Å². The molecule has 1 nitrogen and oxygen atoms in total. The standard InChI is InChI=1S/C52H32O/c1-2-16-34(17-3-1)49-42-22-8-10-24-44(42)50(45-25-11-9-23-43(45)49)46-32-31-39(37-20-6-7-21-38(37)46)41-28-14-30-48-52(41)51-40(27-13-29-47(51)53-48)36-26-12-18-33-15-4-5-19-35(33)36/h1-32H/i6D,7D,20D,21D,31D,32D. The summed E-state index contributed by atoms with van der Waals surface area (Å²) in [7, 11) is 0. The molecule has 0 fully saturated rings. The molecule has 0 radical (unpaired) electrons. The van der Waals surface area contributed by atoms with Gasteiger partial charge in [0.1, 0.15) is 11.2 Å². The highest BCUT2D eigenvalue weighted by atomic mass is 16.3. The molecular weight excluding hydrogens is 641 g/mol. The normalized spacial score (nSPS) is 13.4. The maximum Gasteiger partial charge on any atom is 0.136 e. The van der Waals surface area contributed by atoms with Crippen molar-refractivity contribution in [3.05, 3.63) is 194 Å². The highest BCUT2D eigenvalue weighted by Crippen LogP contribution is 2.48. The molecule has 1 heteroatoms. The average Bonchev–Trinajstić information content (AvgIpc) is 3.67. The Morgan fingerprint density at radius 3 is 1.45 bits per heavy atom. The van der Waals surface area contributed by atoms with Crippen LogP contribution >= 0.6 is 0 Å². The summed E-state index contributed by atoms with van der Waals surface area (Å²) < 4.78 is 63.6. The van der Waals surface area contributed by atoms with Gasteiger partial charge in [-0.05, 0) is 99.7 Å². The van der Waals surface area contributed by atoms with E-state index < -0.39 is 12.1 Å². The lowest BCUT2D eigenvalue weighted by Gasteiger charge is -2.20. The van der Waals surface area contributed by atoms with E-state index in [4.69, 9.17) is 7.16 Å². The van der Waals surface area contributed by atoms with Crippen molar-refractivity contribution in [2.75, 3.05) is 0 Å². The molecule has 0 aliphatic carbocycles. The molecule has 53 heavy (non-hydrogen) atoms. The molecule has 11 aromatic rings. The number of furan rings is 1. The van der Waals surface area contributed by atoms with Crippen LogP contribution in [-0.4, -0.2) is 0 Å². The van der Waals surface area contributed by atoms with Crippen molar-refractivity contribution in [3.63, 3.8) is 0 Å². The van der Waals surface area contributed by atoms with Crippen molar-refractivity contribution >= 4 is 65.0 Å². The van der Waals surface area contributed by atoms with Crippen molar-refractivity contribution in [1.82, 2.24) is 0 Å². The molecule has 0 saturated heterocycles. The van der Waals surface area contributed by atoms with E-state index in [2.05, 4.69) is 54.6 Å². The van der Waals surface area contributed by atoms with Gasteiger partial charge >= 0.3 is 0 Å². The lowest BCUT2D eigenvalue weighted by Crippen LogP contribution is -1.92. The molecular formula is C52H32O. The van der Waals surface area contributed by atoms with Crippen LogP contribution in [0.25, 0.3) is 110 Å². The summed E-state index contributed by atoms with van der Waals surface area (Å²) in [6.07, 6.45) is 0. The van der Waals surface area contributed by atoms with Gasteiger partial charge in [0.15, 0.2) is 0 Å². The summed E-state index contributed by atoms with van der Waals surface area (Å²) in [5, 5.41) is 7.62. The van der Waals surface area contributed by atoms with Crippen LogP contribution in [0.15, 0.2) is 198 Å². The average molecular weight is 679 g/mol. The van der Waals surface area contributed by atoms with E-state index in [1.165, 1.54) is 0 Å². The molecule has 0 amide bonds. The van der Waals surface area contributed by atoms with Gasteiger partial charge in [0.25, 0.3) is 0 Å². The zero-order chi connectivity index (χ0) is 40.1. The van der Waals surface area contributed by atoms with Gasteiger partial charge in [0.2, 0.25) is 0 Å². The van der Waals surface area contributed by atoms with Crippen LogP contribution < -0.4 is 0 Å². The Labute approximate surface area is 315 Å². The van der Waals surface area contributed by atoms with Gasteiger partial charge in [0.05, 0.1) is 8.22 Å². The molecule has 0 aliphatic rings. The smallest absolute Gasteiger partial charge is 0.136 e. The third-order valence-corrected chi connectivity index (χ3v) is 10.6. The monoisotopic (exact) mass is 678 g/mol. The van der Waals surface area contributed by atoms with Crippen molar-refractivity contribution < 1.29 is 12.6 Å². The van der Waals surface area contributed by atoms with Gasteiger partial charge in [-0.15, -0.1) is 0 Å². The van der Waals surface area contributed by atoms with Crippen LogP contribution in [0.3, 0.4) is 0 Å². The summed E-state index contributed by atoms with van der Waals surface area (Å²) in [6.45, 7) is 0. The number of hydrogen-bond donors (Lipinski definition) is 0. The molecule has 11 rings (SSSR count). The number of rotatable bonds is 4. The number of benzene rings is 10. The van der Waals surface area contributed by atoms with Crippen molar-refractivity contribution in [3.8, 4) is 44.5 Å². The van der Waals surface area contributed by atoms with Gasteiger partial charge in [-0.25, -0.2) is 0 Å². The van der Waals surface area contributed by atoms with E-state index in [1.807, 2.05) is 103 Å². The third kappa shape index (κ3) is 4.51. The molecule has 1 aromatic heterocycles. The van der Waals surface area contributed by atoms with Crippen LogP contribution in [0.4, 0.5) is 0 Å². The Morgan fingerprint density at radius 2 is 0.792 bits per heavy atom. The Morgan fingerprint density at radius 1 is 0.321 bits per heavy atom. The molecule has 0 unspecified atom stereocenters. The SMILES string of the molecule is [2H]c1c([2H])c([2H])c2c(-c3cccc4oc5cccc(-c6cccc7ccccc67)c5c34)c([2H])c([2H])c(-c3c4ccccc4c(-c4ccccc4)c4ccccc34)c2c1[2H].